The lowest BCUT2D eigenvalue weighted by molar-refractivity contribution is 0.201. The minimum absolute atomic E-state index is 0.474. The second-order valence-electron chi connectivity index (χ2n) is 5.27. The van der Waals surface area contributed by atoms with E-state index >= 15 is 0 Å². The van der Waals surface area contributed by atoms with Crippen molar-refractivity contribution in [2.45, 2.75) is 26.8 Å². The van der Waals surface area contributed by atoms with Crippen molar-refractivity contribution in [2.24, 2.45) is 0 Å². The molecule has 0 bridgehead atoms. The maximum absolute atomic E-state index is 5.50. The van der Waals surface area contributed by atoms with E-state index in [1.165, 1.54) is 22.3 Å². The highest BCUT2D eigenvalue weighted by Gasteiger charge is 2.23. The number of methoxy groups -OCH3 is 1. The summed E-state index contributed by atoms with van der Waals surface area (Å²) in [4.78, 5) is 2.43. The first kappa shape index (κ1) is 13.4. The summed E-state index contributed by atoms with van der Waals surface area (Å²) < 4.78 is 5.50. The van der Waals surface area contributed by atoms with Crippen molar-refractivity contribution in [3.05, 3.63) is 28.3 Å². The van der Waals surface area contributed by atoms with Gasteiger partial charge in [-0.3, -0.25) is 4.90 Å². The number of nitrogens with zero attached hydrogens (tertiary/aromatic N) is 1. The van der Waals surface area contributed by atoms with E-state index in [9.17, 15) is 0 Å². The third kappa shape index (κ3) is 2.25. The van der Waals surface area contributed by atoms with Crippen molar-refractivity contribution in [2.75, 3.05) is 33.8 Å². The minimum Gasteiger partial charge on any atom is -0.496 e. The fraction of sp³-hybridized carbons (Fsp3) is 0.600. The Morgan fingerprint density at radius 1 is 1.28 bits per heavy atom. The van der Waals surface area contributed by atoms with Crippen LogP contribution in [0.1, 0.15) is 28.3 Å². The van der Waals surface area contributed by atoms with Crippen molar-refractivity contribution < 1.29 is 4.74 Å². The topological polar surface area (TPSA) is 24.5 Å². The Morgan fingerprint density at radius 2 is 2.00 bits per heavy atom. The van der Waals surface area contributed by atoms with E-state index in [1.807, 2.05) is 0 Å². The maximum Gasteiger partial charge on any atom is 0.124 e. The number of nitrogens with one attached hydrogen (secondary N) is 1. The smallest absolute Gasteiger partial charge is 0.124 e. The fourth-order valence-electron chi connectivity index (χ4n) is 2.90. The van der Waals surface area contributed by atoms with Gasteiger partial charge in [-0.1, -0.05) is 6.07 Å². The zero-order chi connectivity index (χ0) is 13.3. The molecule has 3 heteroatoms. The number of piperazine rings is 1. The lowest BCUT2D eigenvalue weighted by Crippen LogP contribution is -2.44. The van der Waals surface area contributed by atoms with Crippen molar-refractivity contribution >= 4 is 0 Å². The monoisotopic (exact) mass is 248 g/mol. The van der Waals surface area contributed by atoms with Gasteiger partial charge >= 0.3 is 0 Å². The van der Waals surface area contributed by atoms with E-state index in [0.717, 1.165) is 25.4 Å². The van der Waals surface area contributed by atoms with Crippen LogP contribution in [0.2, 0.25) is 0 Å². The normalized spacial score (nSPS) is 21.1. The summed E-state index contributed by atoms with van der Waals surface area (Å²) >= 11 is 0. The van der Waals surface area contributed by atoms with Gasteiger partial charge in [0.15, 0.2) is 0 Å². The van der Waals surface area contributed by atoms with E-state index in [1.54, 1.807) is 7.11 Å². The molecule has 0 saturated carbocycles. The van der Waals surface area contributed by atoms with E-state index in [-0.39, 0.29) is 0 Å². The number of likely N-dealkylation sites (N-methyl/N-ethyl adjacent to an activating group) is 1. The van der Waals surface area contributed by atoms with Crippen molar-refractivity contribution in [3.63, 3.8) is 0 Å². The molecular weight excluding hydrogens is 224 g/mol. The Kier molecular flexibility index (Phi) is 3.93. The molecule has 1 aliphatic rings. The molecule has 1 N–H and O–H groups in total. The molecule has 1 aromatic carbocycles. The van der Waals surface area contributed by atoms with Crippen LogP contribution in [0.25, 0.3) is 0 Å². The predicted molar refractivity (Wildman–Crippen MR) is 75.4 cm³/mol. The molecule has 100 valence electrons. The summed E-state index contributed by atoms with van der Waals surface area (Å²) in [7, 11) is 3.96. The van der Waals surface area contributed by atoms with E-state index in [0.29, 0.717) is 6.04 Å². The van der Waals surface area contributed by atoms with Crippen LogP contribution in [-0.2, 0) is 0 Å². The summed E-state index contributed by atoms with van der Waals surface area (Å²) in [5, 5.41) is 3.49. The van der Waals surface area contributed by atoms with Crippen molar-refractivity contribution in [1.29, 1.82) is 0 Å². The molecule has 2 rings (SSSR count). The van der Waals surface area contributed by atoms with Gasteiger partial charge in [0.1, 0.15) is 5.75 Å². The first-order valence-electron chi connectivity index (χ1n) is 6.62. The summed E-state index contributed by atoms with van der Waals surface area (Å²) in [6.45, 7) is 9.71. The van der Waals surface area contributed by atoms with Crippen LogP contribution in [0.3, 0.4) is 0 Å². The molecule has 1 heterocycles. The van der Waals surface area contributed by atoms with Crippen LogP contribution in [0.15, 0.2) is 6.07 Å². The minimum atomic E-state index is 0.474. The summed E-state index contributed by atoms with van der Waals surface area (Å²) in [6.07, 6.45) is 0. The van der Waals surface area contributed by atoms with Gasteiger partial charge in [0, 0.05) is 25.7 Å². The molecule has 1 unspecified atom stereocenters. The highest BCUT2D eigenvalue weighted by molar-refractivity contribution is 5.50. The number of hydrogen-bond donors (Lipinski definition) is 1. The van der Waals surface area contributed by atoms with Gasteiger partial charge < -0.3 is 10.1 Å². The molecule has 3 nitrogen and oxygen atoms in total. The highest BCUT2D eigenvalue weighted by Crippen LogP contribution is 2.33. The average Bonchev–Trinajstić information content (AvgIpc) is 2.35. The molecule has 18 heavy (non-hydrogen) atoms. The molecule has 1 aliphatic heterocycles. The lowest BCUT2D eigenvalue weighted by Gasteiger charge is -2.35. The molecule has 0 radical (unpaired) electrons. The lowest BCUT2D eigenvalue weighted by atomic mass is 9.92. The Morgan fingerprint density at radius 3 is 2.61 bits per heavy atom. The van der Waals surface area contributed by atoms with Crippen LogP contribution < -0.4 is 10.1 Å². The first-order chi connectivity index (χ1) is 8.56. The van der Waals surface area contributed by atoms with Gasteiger partial charge in [-0.15, -0.1) is 0 Å². The third-order valence-corrected chi connectivity index (χ3v) is 4.14. The largest absolute Gasteiger partial charge is 0.496 e. The number of benzene rings is 1. The average molecular weight is 248 g/mol. The molecule has 0 aliphatic carbocycles. The molecule has 0 amide bonds. The van der Waals surface area contributed by atoms with Crippen LogP contribution in [0.5, 0.6) is 5.75 Å². The number of hydrogen-bond acceptors (Lipinski definition) is 3. The zero-order valence-electron chi connectivity index (χ0n) is 12.1. The number of rotatable bonds is 2. The van der Waals surface area contributed by atoms with Gasteiger partial charge in [-0.2, -0.15) is 0 Å². The van der Waals surface area contributed by atoms with Gasteiger partial charge in [-0.05, 0) is 50.1 Å². The number of aryl methyl sites for hydroxylation is 1. The molecule has 1 fully saturated rings. The molecule has 1 atom stereocenters. The summed E-state index contributed by atoms with van der Waals surface area (Å²) in [5.41, 5.74) is 5.29. The third-order valence-electron chi connectivity index (χ3n) is 4.14. The van der Waals surface area contributed by atoms with Crippen molar-refractivity contribution in [1.82, 2.24) is 10.2 Å². The Bertz CT molecular complexity index is 443. The maximum atomic E-state index is 5.50. The quantitative estimate of drug-likeness (QED) is 0.868. The van der Waals surface area contributed by atoms with Crippen LogP contribution in [0.4, 0.5) is 0 Å². The Hall–Kier alpha value is -1.06. The van der Waals surface area contributed by atoms with Crippen molar-refractivity contribution in [3.8, 4) is 5.75 Å². The van der Waals surface area contributed by atoms with Gasteiger partial charge in [-0.25, -0.2) is 0 Å². The zero-order valence-corrected chi connectivity index (χ0v) is 12.1. The predicted octanol–water partition coefficient (Wildman–Crippen LogP) is 2.20. The van der Waals surface area contributed by atoms with Gasteiger partial charge in [0.05, 0.1) is 7.11 Å². The number of ether oxygens (including phenoxy) is 1. The molecule has 1 aromatic rings. The van der Waals surface area contributed by atoms with Gasteiger partial charge in [0.25, 0.3) is 0 Å². The SMILES string of the molecule is COc1c(C)cc(C2CNCCN2C)c(C)c1C. The van der Waals surface area contributed by atoms with Crippen LogP contribution >= 0.6 is 0 Å². The van der Waals surface area contributed by atoms with Crippen LogP contribution in [-0.4, -0.2) is 38.7 Å². The standard InChI is InChI=1S/C15H24N2O/c1-10-8-13(11(2)12(3)15(10)18-5)14-9-16-6-7-17(14)4/h8,14,16H,6-7,9H2,1-5H3. The van der Waals surface area contributed by atoms with E-state index in [2.05, 4.69) is 44.1 Å². The fourth-order valence-corrected chi connectivity index (χ4v) is 2.90. The first-order valence-corrected chi connectivity index (χ1v) is 6.62. The van der Waals surface area contributed by atoms with Gasteiger partial charge in [0.2, 0.25) is 0 Å². The molecular formula is C15H24N2O. The molecule has 1 saturated heterocycles. The van der Waals surface area contributed by atoms with E-state index in [4.69, 9.17) is 4.74 Å². The van der Waals surface area contributed by atoms with E-state index < -0.39 is 0 Å². The summed E-state index contributed by atoms with van der Waals surface area (Å²) in [6, 6.07) is 2.76. The molecule has 0 aromatic heterocycles. The second-order valence-corrected chi connectivity index (χ2v) is 5.27. The Balaban J connectivity index is 2.45. The molecule has 0 spiro atoms. The Labute approximate surface area is 110 Å². The summed E-state index contributed by atoms with van der Waals surface area (Å²) in [5.74, 6) is 1.03. The van der Waals surface area contributed by atoms with Crippen LogP contribution in [0, 0.1) is 20.8 Å². The second kappa shape index (κ2) is 5.29. The highest BCUT2D eigenvalue weighted by atomic mass is 16.5.